The maximum absolute atomic E-state index is 12.5. The van der Waals surface area contributed by atoms with Gasteiger partial charge >= 0.3 is 0 Å². The van der Waals surface area contributed by atoms with Gasteiger partial charge in [0.05, 0.1) is 16.4 Å². The van der Waals surface area contributed by atoms with Crippen LogP contribution in [-0.4, -0.2) is 29.0 Å². The number of hydrogen-bond acceptors (Lipinski definition) is 6. The molecule has 0 aliphatic carbocycles. The summed E-state index contributed by atoms with van der Waals surface area (Å²) in [5.41, 5.74) is 2.56. The number of anilines is 2. The van der Waals surface area contributed by atoms with Crippen LogP contribution in [0.4, 0.5) is 11.5 Å². The number of benzene rings is 1. The second-order valence-corrected chi connectivity index (χ2v) is 8.53. The molecule has 3 aromatic rings. The van der Waals surface area contributed by atoms with Crippen molar-refractivity contribution < 1.29 is 9.53 Å². The molecule has 31 heavy (non-hydrogen) atoms. The van der Waals surface area contributed by atoms with Crippen molar-refractivity contribution in [3.05, 3.63) is 70.3 Å². The van der Waals surface area contributed by atoms with Gasteiger partial charge in [-0.15, -0.1) is 11.3 Å². The Morgan fingerprint density at radius 2 is 2.10 bits per heavy atom. The van der Waals surface area contributed by atoms with Crippen LogP contribution in [0.3, 0.4) is 0 Å². The number of piperidine rings is 1. The van der Waals surface area contributed by atoms with Gasteiger partial charge in [-0.25, -0.2) is 9.97 Å². The third-order valence-electron chi connectivity index (χ3n) is 5.04. The number of hydrogen-bond donors (Lipinski definition) is 1. The fourth-order valence-corrected chi connectivity index (χ4v) is 4.14. The normalized spacial score (nSPS) is 14.0. The average Bonchev–Trinajstić information content (AvgIpc) is 3.23. The second-order valence-electron chi connectivity index (χ2n) is 7.46. The third-order valence-corrected chi connectivity index (χ3v) is 5.86. The van der Waals surface area contributed by atoms with Gasteiger partial charge in [-0.05, 0) is 62.1 Å². The molecule has 4 rings (SSSR count). The van der Waals surface area contributed by atoms with E-state index in [4.69, 9.17) is 4.74 Å². The maximum Gasteiger partial charge on any atom is 0.248 e. The molecule has 7 heteroatoms. The Kier molecular flexibility index (Phi) is 6.94. The van der Waals surface area contributed by atoms with Gasteiger partial charge in [0.1, 0.15) is 12.4 Å². The molecule has 1 fully saturated rings. The highest BCUT2D eigenvalue weighted by atomic mass is 32.1. The number of pyridine rings is 1. The van der Waals surface area contributed by atoms with Gasteiger partial charge in [0.2, 0.25) is 5.91 Å². The number of aromatic nitrogens is 2. The summed E-state index contributed by atoms with van der Waals surface area (Å²) < 4.78 is 5.83. The van der Waals surface area contributed by atoms with Crippen molar-refractivity contribution in [1.29, 1.82) is 0 Å². The van der Waals surface area contributed by atoms with E-state index < -0.39 is 0 Å². The first-order valence-electron chi connectivity index (χ1n) is 10.5. The lowest BCUT2D eigenvalue weighted by Crippen LogP contribution is -2.31. The highest BCUT2D eigenvalue weighted by molar-refractivity contribution is 7.09. The largest absolute Gasteiger partial charge is 0.487 e. The first-order chi connectivity index (χ1) is 15.2. The summed E-state index contributed by atoms with van der Waals surface area (Å²) in [7, 11) is 0. The van der Waals surface area contributed by atoms with Crippen molar-refractivity contribution in [2.24, 2.45) is 0 Å². The van der Waals surface area contributed by atoms with Crippen LogP contribution in [0.15, 0.2) is 54.1 Å². The fourth-order valence-electron chi connectivity index (χ4n) is 3.54. The molecule has 6 nitrogen and oxygen atoms in total. The number of nitrogens with one attached hydrogen (secondary N) is 1. The van der Waals surface area contributed by atoms with Gasteiger partial charge in [-0.1, -0.05) is 12.1 Å². The van der Waals surface area contributed by atoms with E-state index in [0.29, 0.717) is 6.61 Å². The quantitative estimate of drug-likeness (QED) is 0.526. The highest BCUT2D eigenvalue weighted by Crippen LogP contribution is 2.26. The summed E-state index contributed by atoms with van der Waals surface area (Å²) in [6.45, 7) is 4.36. The number of carbonyl (C=O) groups excluding carboxylic acids is 1. The predicted molar refractivity (Wildman–Crippen MR) is 126 cm³/mol. The fraction of sp³-hybridized carbons (Fsp3) is 0.292. The number of thiazole rings is 1. The molecule has 0 saturated carbocycles. The number of aryl methyl sites for hydroxylation is 1. The van der Waals surface area contributed by atoms with Gasteiger partial charge in [0.25, 0.3) is 0 Å². The second kappa shape index (κ2) is 10.2. The molecule has 1 amide bonds. The first-order valence-corrected chi connectivity index (χ1v) is 11.4. The molecule has 0 atom stereocenters. The average molecular weight is 435 g/mol. The van der Waals surface area contributed by atoms with Crippen LogP contribution in [0, 0.1) is 6.92 Å². The number of ether oxygens (including phenoxy) is 1. The molecular formula is C24H26N4O2S. The zero-order chi connectivity index (χ0) is 21.5. The summed E-state index contributed by atoms with van der Waals surface area (Å²) in [6.07, 6.45) is 8.66. The number of nitrogens with zero attached hydrogens (tertiary/aromatic N) is 3. The first kappa shape index (κ1) is 21.1. The molecule has 1 aliphatic heterocycles. The Morgan fingerprint density at radius 1 is 1.23 bits per heavy atom. The van der Waals surface area contributed by atoms with Crippen LogP contribution in [0.25, 0.3) is 6.08 Å². The Balaban J connectivity index is 1.37. The SMILES string of the molecule is Cc1nc(COc2cccc(/C=C/C(=O)Nc3cccnc3N3CCCCC3)c2)cs1. The number of amides is 1. The van der Waals surface area contributed by atoms with Gasteiger partial charge in [-0.3, -0.25) is 4.79 Å². The molecule has 0 bridgehead atoms. The van der Waals surface area contributed by atoms with Crippen molar-refractivity contribution in [1.82, 2.24) is 9.97 Å². The van der Waals surface area contributed by atoms with Crippen LogP contribution in [0.5, 0.6) is 5.75 Å². The van der Waals surface area contributed by atoms with Crippen LogP contribution in [-0.2, 0) is 11.4 Å². The number of rotatable bonds is 7. The van der Waals surface area contributed by atoms with Gasteiger partial charge in [0.15, 0.2) is 5.82 Å². The molecule has 1 aromatic carbocycles. The summed E-state index contributed by atoms with van der Waals surface area (Å²) in [5.74, 6) is 1.40. The van der Waals surface area contributed by atoms with E-state index in [1.807, 2.05) is 48.7 Å². The molecule has 1 N–H and O–H groups in total. The van der Waals surface area contributed by atoms with E-state index in [1.54, 1.807) is 23.6 Å². The predicted octanol–water partition coefficient (Wildman–Crippen LogP) is 5.07. The minimum Gasteiger partial charge on any atom is -0.487 e. The van der Waals surface area contributed by atoms with E-state index >= 15 is 0 Å². The van der Waals surface area contributed by atoms with E-state index in [1.165, 1.54) is 12.5 Å². The maximum atomic E-state index is 12.5. The van der Waals surface area contributed by atoms with Crippen molar-refractivity contribution in [3.8, 4) is 5.75 Å². The molecular weight excluding hydrogens is 408 g/mol. The van der Waals surface area contributed by atoms with Gasteiger partial charge in [-0.2, -0.15) is 0 Å². The lowest BCUT2D eigenvalue weighted by Gasteiger charge is -2.29. The van der Waals surface area contributed by atoms with Crippen molar-refractivity contribution >= 4 is 34.8 Å². The Hall–Kier alpha value is -3.19. The molecule has 2 aromatic heterocycles. The van der Waals surface area contributed by atoms with Crippen LogP contribution >= 0.6 is 11.3 Å². The van der Waals surface area contributed by atoms with Crippen LogP contribution < -0.4 is 15.0 Å². The van der Waals surface area contributed by atoms with Crippen molar-refractivity contribution in [2.45, 2.75) is 32.8 Å². The lowest BCUT2D eigenvalue weighted by atomic mass is 10.1. The molecule has 3 heterocycles. The van der Waals surface area contributed by atoms with E-state index in [0.717, 1.165) is 59.5 Å². The van der Waals surface area contributed by atoms with E-state index in [9.17, 15) is 4.79 Å². The van der Waals surface area contributed by atoms with E-state index in [-0.39, 0.29) is 5.91 Å². The Bertz CT molecular complexity index is 1060. The molecule has 0 radical (unpaired) electrons. The van der Waals surface area contributed by atoms with Crippen LogP contribution in [0.1, 0.15) is 35.5 Å². The topological polar surface area (TPSA) is 67.3 Å². The zero-order valence-electron chi connectivity index (χ0n) is 17.6. The lowest BCUT2D eigenvalue weighted by molar-refractivity contribution is -0.111. The standard InChI is InChI=1S/C24H26N4O2S/c1-18-26-20(17-31-18)16-30-21-8-5-7-19(15-21)10-11-23(29)27-22-9-6-12-25-24(22)28-13-3-2-4-14-28/h5-12,15,17H,2-4,13-14,16H2,1H3,(H,27,29)/b11-10+. The minimum absolute atomic E-state index is 0.185. The summed E-state index contributed by atoms with van der Waals surface area (Å²) >= 11 is 1.61. The smallest absolute Gasteiger partial charge is 0.248 e. The molecule has 0 unspecified atom stereocenters. The van der Waals surface area contributed by atoms with Crippen molar-refractivity contribution in [2.75, 3.05) is 23.3 Å². The molecule has 1 aliphatic rings. The number of carbonyl (C=O) groups is 1. The van der Waals surface area contributed by atoms with Gasteiger partial charge in [0, 0.05) is 30.7 Å². The minimum atomic E-state index is -0.185. The summed E-state index contributed by atoms with van der Waals surface area (Å²) in [5, 5.41) is 6.00. The molecule has 0 spiro atoms. The summed E-state index contributed by atoms with van der Waals surface area (Å²) in [4.78, 5) is 23.7. The highest BCUT2D eigenvalue weighted by Gasteiger charge is 2.16. The molecule has 1 saturated heterocycles. The Labute approximate surface area is 186 Å². The Morgan fingerprint density at radius 3 is 2.90 bits per heavy atom. The zero-order valence-corrected chi connectivity index (χ0v) is 18.4. The third kappa shape index (κ3) is 5.92. The van der Waals surface area contributed by atoms with Crippen molar-refractivity contribution in [3.63, 3.8) is 0 Å². The van der Waals surface area contributed by atoms with E-state index in [2.05, 4.69) is 20.2 Å². The van der Waals surface area contributed by atoms with Gasteiger partial charge < -0.3 is 15.0 Å². The molecule has 160 valence electrons. The van der Waals surface area contributed by atoms with Crippen LogP contribution in [0.2, 0.25) is 0 Å². The summed E-state index contributed by atoms with van der Waals surface area (Å²) in [6, 6.07) is 11.4. The monoisotopic (exact) mass is 434 g/mol.